The Kier molecular flexibility index (Phi) is 7.05. The van der Waals surface area contributed by atoms with E-state index in [-0.39, 0.29) is 11.9 Å². The van der Waals surface area contributed by atoms with E-state index in [0.717, 1.165) is 43.7 Å². The number of amides is 1. The number of nitrogens with one attached hydrogen (secondary N) is 2. The van der Waals surface area contributed by atoms with Gasteiger partial charge in [-0.05, 0) is 38.8 Å². The number of nitrogens with zero attached hydrogens (tertiary/aromatic N) is 1. The smallest absolute Gasteiger partial charge is 0.251 e. The first-order chi connectivity index (χ1) is 9.56. The molecule has 0 bridgehead atoms. The van der Waals surface area contributed by atoms with Crippen molar-refractivity contribution in [3.05, 3.63) is 23.4 Å². The molecule has 0 fully saturated rings. The van der Waals surface area contributed by atoms with Gasteiger partial charge in [-0.25, -0.2) is 4.98 Å². The number of anilines is 1. The molecule has 4 heteroatoms. The summed E-state index contributed by atoms with van der Waals surface area (Å²) in [5.41, 5.74) is 1.54. The molecule has 1 heterocycles. The average molecular weight is 277 g/mol. The number of aromatic nitrogens is 1. The molecule has 4 nitrogen and oxygen atoms in total. The second-order valence-electron chi connectivity index (χ2n) is 5.33. The lowest BCUT2D eigenvalue weighted by Gasteiger charge is -2.14. The Balaban J connectivity index is 2.69. The van der Waals surface area contributed by atoms with Crippen molar-refractivity contribution >= 4 is 11.7 Å². The van der Waals surface area contributed by atoms with Crippen LogP contribution in [0.5, 0.6) is 0 Å². The van der Waals surface area contributed by atoms with Gasteiger partial charge in [-0.1, -0.05) is 26.7 Å². The zero-order chi connectivity index (χ0) is 15.0. The van der Waals surface area contributed by atoms with Gasteiger partial charge in [0.25, 0.3) is 5.91 Å². The number of unbranched alkanes of at least 4 members (excludes halogenated alkanes) is 1. The lowest BCUT2D eigenvalue weighted by atomic mass is 10.1. The average Bonchev–Trinajstić information content (AvgIpc) is 2.42. The van der Waals surface area contributed by atoms with Gasteiger partial charge in [-0.15, -0.1) is 0 Å². The number of aryl methyl sites for hydroxylation is 1. The first-order valence-corrected chi connectivity index (χ1v) is 7.60. The van der Waals surface area contributed by atoms with Crippen LogP contribution in [0.4, 0.5) is 5.82 Å². The molecular weight excluding hydrogens is 250 g/mol. The Morgan fingerprint density at radius 1 is 1.30 bits per heavy atom. The topological polar surface area (TPSA) is 54.0 Å². The van der Waals surface area contributed by atoms with Crippen LogP contribution in [0.1, 0.15) is 62.5 Å². The summed E-state index contributed by atoms with van der Waals surface area (Å²) in [5.74, 6) is 0.761. The highest BCUT2D eigenvalue weighted by Gasteiger charge is 2.11. The Morgan fingerprint density at radius 3 is 2.70 bits per heavy atom. The van der Waals surface area contributed by atoms with Crippen LogP contribution >= 0.6 is 0 Å². The summed E-state index contributed by atoms with van der Waals surface area (Å²) >= 11 is 0. The van der Waals surface area contributed by atoms with Crippen molar-refractivity contribution < 1.29 is 4.79 Å². The molecule has 0 radical (unpaired) electrons. The van der Waals surface area contributed by atoms with Gasteiger partial charge in [0.15, 0.2) is 0 Å². The van der Waals surface area contributed by atoms with Gasteiger partial charge >= 0.3 is 0 Å². The third-order valence-corrected chi connectivity index (χ3v) is 3.14. The molecule has 1 unspecified atom stereocenters. The summed E-state index contributed by atoms with van der Waals surface area (Å²) < 4.78 is 0. The molecule has 1 aromatic rings. The summed E-state index contributed by atoms with van der Waals surface area (Å²) in [6.07, 6.45) is 4.35. The molecule has 2 N–H and O–H groups in total. The van der Waals surface area contributed by atoms with Crippen LogP contribution in [0.15, 0.2) is 12.1 Å². The van der Waals surface area contributed by atoms with Crippen molar-refractivity contribution in [2.45, 2.75) is 59.4 Å². The summed E-state index contributed by atoms with van der Waals surface area (Å²) in [7, 11) is 0. The second kappa shape index (κ2) is 8.56. The number of hydrogen-bond acceptors (Lipinski definition) is 3. The molecule has 0 aromatic carbocycles. The Hall–Kier alpha value is -1.58. The molecule has 0 saturated heterocycles. The van der Waals surface area contributed by atoms with E-state index in [9.17, 15) is 4.79 Å². The standard InChI is InChI=1S/C16H27N3O/c1-5-7-8-12(3)19-16(20)14-10-13(4)18-15(11-14)17-9-6-2/h10-12H,5-9H2,1-4H3,(H,17,18)(H,19,20). The van der Waals surface area contributed by atoms with Crippen molar-refractivity contribution in [2.75, 3.05) is 11.9 Å². The second-order valence-corrected chi connectivity index (χ2v) is 5.33. The number of pyridine rings is 1. The van der Waals surface area contributed by atoms with Gasteiger partial charge < -0.3 is 10.6 Å². The van der Waals surface area contributed by atoms with Gasteiger partial charge in [0, 0.05) is 23.8 Å². The van der Waals surface area contributed by atoms with Crippen LogP contribution in [0, 0.1) is 6.92 Å². The molecule has 0 aliphatic carbocycles. The van der Waals surface area contributed by atoms with E-state index in [1.54, 1.807) is 0 Å². The fourth-order valence-corrected chi connectivity index (χ4v) is 2.03. The van der Waals surface area contributed by atoms with E-state index in [1.165, 1.54) is 0 Å². The van der Waals surface area contributed by atoms with Crippen molar-refractivity contribution in [3.63, 3.8) is 0 Å². The van der Waals surface area contributed by atoms with E-state index in [1.807, 2.05) is 19.1 Å². The lowest BCUT2D eigenvalue weighted by molar-refractivity contribution is 0.0938. The molecule has 0 saturated carbocycles. The predicted octanol–water partition coefficient (Wildman–Crippen LogP) is 3.52. The predicted molar refractivity (Wildman–Crippen MR) is 84.2 cm³/mol. The molecule has 1 atom stereocenters. The van der Waals surface area contributed by atoms with Crippen molar-refractivity contribution in [2.24, 2.45) is 0 Å². The van der Waals surface area contributed by atoms with E-state index < -0.39 is 0 Å². The van der Waals surface area contributed by atoms with Crippen LogP contribution in [0.2, 0.25) is 0 Å². The molecular formula is C16H27N3O. The molecule has 0 aliphatic rings. The molecule has 1 aromatic heterocycles. The van der Waals surface area contributed by atoms with E-state index in [0.29, 0.717) is 5.56 Å². The summed E-state index contributed by atoms with van der Waals surface area (Å²) in [6.45, 7) is 9.09. The van der Waals surface area contributed by atoms with Crippen LogP contribution < -0.4 is 10.6 Å². The fourth-order valence-electron chi connectivity index (χ4n) is 2.03. The van der Waals surface area contributed by atoms with E-state index in [4.69, 9.17) is 0 Å². The van der Waals surface area contributed by atoms with Crippen molar-refractivity contribution in [3.8, 4) is 0 Å². The zero-order valence-corrected chi connectivity index (χ0v) is 13.1. The number of hydrogen-bond donors (Lipinski definition) is 2. The lowest BCUT2D eigenvalue weighted by Crippen LogP contribution is -2.32. The minimum absolute atomic E-state index is 0.0151. The Bertz CT molecular complexity index is 432. The molecule has 0 aliphatic heterocycles. The third kappa shape index (κ3) is 5.59. The van der Waals surface area contributed by atoms with Gasteiger partial charge in [0.2, 0.25) is 0 Å². The molecule has 112 valence electrons. The summed E-state index contributed by atoms with van der Waals surface area (Å²) in [4.78, 5) is 16.6. The minimum atomic E-state index is -0.0151. The Labute approximate surface area is 122 Å². The number of carbonyl (C=O) groups is 1. The van der Waals surface area contributed by atoms with E-state index >= 15 is 0 Å². The van der Waals surface area contributed by atoms with E-state index in [2.05, 4.69) is 36.4 Å². The fraction of sp³-hybridized carbons (Fsp3) is 0.625. The maximum absolute atomic E-state index is 12.2. The number of carbonyl (C=O) groups excluding carboxylic acids is 1. The highest BCUT2D eigenvalue weighted by atomic mass is 16.1. The molecule has 20 heavy (non-hydrogen) atoms. The normalized spacial score (nSPS) is 12.0. The summed E-state index contributed by atoms with van der Waals surface area (Å²) in [5, 5.41) is 6.27. The maximum Gasteiger partial charge on any atom is 0.251 e. The monoisotopic (exact) mass is 277 g/mol. The highest BCUT2D eigenvalue weighted by Crippen LogP contribution is 2.11. The SMILES string of the molecule is CCCCC(C)NC(=O)c1cc(C)nc(NCCC)c1. The van der Waals surface area contributed by atoms with Crippen molar-refractivity contribution in [1.82, 2.24) is 10.3 Å². The van der Waals surface area contributed by atoms with Gasteiger partial charge in [0.1, 0.15) is 5.82 Å². The maximum atomic E-state index is 12.2. The first kappa shape index (κ1) is 16.5. The van der Waals surface area contributed by atoms with Crippen LogP contribution in [0.3, 0.4) is 0 Å². The minimum Gasteiger partial charge on any atom is -0.370 e. The van der Waals surface area contributed by atoms with Gasteiger partial charge in [-0.2, -0.15) is 0 Å². The number of rotatable bonds is 8. The van der Waals surface area contributed by atoms with Crippen LogP contribution in [-0.2, 0) is 0 Å². The Morgan fingerprint density at radius 2 is 2.05 bits per heavy atom. The van der Waals surface area contributed by atoms with Gasteiger partial charge in [0.05, 0.1) is 0 Å². The van der Waals surface area contributed by atoms with Crippen LogP contribution in [-0.4, -0.2) is 23.5 Å². The first-order valence-electron chi connectivity index (χ1n) is 7.60. The van der Waals surface area contributed by atoms with Crippen molar-refractivity contribution in [1.29, 1.82) is 0 Å². The molecule has 0 spiro atoms. The molecule has 1 rings (SSSR count). The third-order valence-electron chi connectivity index (χ3n) is 3.14. The van der Waals surface area contributed by atoms with Crippen LogP contribution in [0.25, 0.3) is 0 Å². The largest absolute Gasteiger partial charge is 0.370 e. The highest BCUT2D eigenvalue weighted by molar-refractivity contribution is 5.95. The quantitative estimate of drug-likeness (QED) is 0.764. The molecule has 1 amide bonds. The zero-order valence-electron chi connectivity index (χ0n) is 13.1. The van der Waals surface area contributed by atoms with Gasteiger partial charge in [-0.3, -0.25) is 4.79 Å². The summed E-state index contributed by atoms with van der Waals surface area (Å²) in [6, 6.07) is 3.87.